The summed E-state index contributed by atoms with van der Waals surface area (Å²) in [7, 11) is 1.49. The summed E-state index contributed by atoms with van der Waals surface area (Å²) in [6.45, 7) is 2.96. The molecule has 1 aromatic carbocycles. The van der Waals surface area contributed by atoms with Crippen molar-refractivity contribution in [1.82, 2.24) is 0 Å². The van der Waals surface area contributed by atoms with Gasteiger partial charge in [-0.15, -0.1) is 0 Å². The topological polar surface area (TPSA) is 66.8 Å². The minimum absolute atomic E-state index is 0.484. The summed E-state index contributed by atoms with van der Waals surface area (Å²) in [6.07, 6.45) is -1.11. The lowest BCUT2D eigenvalue weighted by molar-refractivity contribution is -0.153. The van der Waals surface area contributed by atoms with Crippen molar-refractivity contribution in [2.75, 3.05) is 7.11 Å². The van der Waals surface area contributed by atoms with E-state index in [1.165, 1.54) is 21.0 Å². The number of para-hydroxylation sites is 1. The Morgan fingerprint density at radius 3 is 2.44 bits per heavy atom. The quantitative estimate of drug-likeness (QED) is 0.819. The number of aliphatic hydroxyl groups excluding tert-OH is 1. The van der Waals surface area contributed by atoms with Gasteiger partial charge in [-0.3, -0.25) is 4.79 Å². The Balaban J connectivity index is 3.14. The van der Waals surface area contributed by atoms with E-state index >= 15 is 0 Å². The number of carbonyl (C=O) groups is 1. The van der Waals surface area contributed by atoms with Crippen molar-refractivity contribution in [3.63, 3.8) is 0 Å². The third-order valence-electron chi connectivity index (χ3n) is 2.67. The summed E-state index contributed by atoms with van der Waals surface area (Å²) < 4.78 is 5.09. The largest absolute Gasteiger partial charge is 0.496 e. The summed E-state index contributed by atoms with van der Waals surface area (Å²) in [5.74, 6) is -0.560. The number of carboxylic acids is 1. The van der Waals surface area contributed by atoms with Crippen LogP contribution in [-0.4, -0.2) is 23.3 Å². The molecule has 1 atom stereocenters. The number of hydrogen-bond acceptors (Lipinski definition) is 3. The van der Waals surface area contributed by atoms with Gasteiger partial charge in [0.2, 0.25) is 0 Å². The number of hydrogen-bond donors (Lipinski definition) is 2. The number of aliphatic carboxylic acids is 1. The van der Waals surface area contributed by atoms with Crippen molar-refractivity contribution in [1.29, 1.82) is 0 Å². The Hall–Kier alpha value is -1.55. The first-order valence-corrected chi connectivity index (χ1v) is 4.95. The van der Waals surface area contributed by atoms with E-state index in [1.807, 2.05) is 0 Å². The molecule has 0 bridgehead atoms. The maximum atomic E-state index is 11.0. The van der Waals surface area contributed by atoms with E-state index in [2.05, 4.69) is 0 Å². The smallest absolute Gasteiger partial charge is 0.312 e. The molecule has 0 spiro atoms. The Morgan fingerprint density at radius 2 is 1.94 bits per heavy atom. The number of ether oxygens (including phenoxy) is 1. The SMILES string of the molecule is COc1ccccc1C(O)C(C)(C)C(=O)O. The maximum Gasteiger partial charge on any atom is 0.312 e. The Morgan fingerprint density at radius 1 is 1.38 bits per heavy atom. The molecule has 0 fully saturated rings. The second-order valence-electron chi connectivity index (χ2n) is 4.17. The molecule has 0 amide bonds. The Kier molecular flexibility index (Phi) is 3.55. The first-order valence-electron chi connectivity index (χ1n) is 4.95. The van der Waals surface area contributed by atoms with Crippen LogP contribution in [0.15, 0.2) is 24.3 Å². The first-order chi connectivity index (χ1) is 7.41. The fraction of sp³-hybridized carbons (Fsp3) is 0.417. The van der Waals surface area contributed by atoms with Gasteiger partial charge in [0.05, 0.1) is 18.6 Å². The van der Waals surface area contributed by atoms with Crippen LogP contribution < -0.4 is 4.74 Å². The zero-order valence-corrected chi connectivity index (χ0v) is 9.60. The van der Waals surface area contributed by atoms with Crippen LogP contribution in [0.5, 0.6) is 5.75 Å². The summed E-state index contributed by atoms with van der Waals surface area (Å²) in [5, 5.41) is 19.1. The highest BCUT2D eigenvalue weighted by molar-refractivity contribution is 5.75. The van der Waals surface area contributed by atoms with Crippen molar-refractivity contribution in [2.24, 2.45) is 5.41 Å². The number of rotatable bonds is 4. The maximum absolute atomic E-state index is 11.0. The van der Waals surface area contributed by atoms with E-state index in [9.17, 15) is 9.90 Å². The predicted octanol–water partition coefficient (Wildman–Crippen LogP) is 1.84. The van der Waals surface area contributed by atoms with Crippen LogP contribution in [0.25, 0.3) is 0 Å². The number of methoxy groups -OCH3 is 1. The van der Waals surface area contributed by atoms with Crippen molar-refractivity contribution < 1.29 is 19.7 Å². The lowest BCUT2D eigenvalue weighted by atomic mass is 9.82. The van der Waals surface area contributed by atoms with Crippen molar-refractivity contribution in [3.8, 4) is 5.75 Å². The Labute approximate surface area is 94.5 Å². The molecule has 0 heterocycles. The molecule has 16 heavy (non-hydrogen) atoms. The zero-order valence-electron chi connectivity index (χ0n) is 9.60. The molecule has 0 saturated carbocycles. The zero-order chi connectivity index (χ0) is 12.3. The molecule has 0 saturated heterocycles. The van der Waals surface area contributed by atoms with E-state index < -0.39 is 17.5 Å². The van der Waals surface area contributed by atoms with Gasteiger partial charge in [-0.2, -0.15) is 0 Å². The van der Waals surface area contributed by atoms with Crippen LogP contribution in [0, 0.1) is 5.41 Å². The minimum atomic E-state index is -1.26. The van der Waals surface area contributed by atoms with E-state index in [0.29, 0.717) is 11.3 Å². The fourth-order valence-corrected chi connectivity index (χ4v) is 1.40. The summed E-state index contributed by atoms with van der Waals surface area (Å²) >= 11 is 0. The number of benzene rings is 1. The van der Waals surface area contributed by atoms with Gasteiger partial charge in [-0.25, -0.2) is 0 Å². The van der Waals surface area contributed by atoms with Gasteiger partial charge in [-0.1, -0.05) is 18.2 Å². The number of carboxylic acid groups (broad SMARTS) is 1. The highest BCUT2D eigenvalue weighted by Crippen LogP contribution is 2.37. The highest BCUT2D eigenvalue weighted by atomic mass is 16.5. The van der Waals surface area contributed by atoms with Gasteiger partial charge in [0.25, 0.3) is 0 Å². The van der Waals surface area contributed by atoms with Crippen LogP contribution in [0.3, 0.4) is 0 Å². The molecule has 1 rings (SSSR count). The van der Waals surface area contributed by atoms with Crippen LogP contribution in [-0.2, 0) is 4.79 Å². The second-order valence-corrected chi connectivity index (χ2v) is 4.17. The average Bonchev–Trinajstić information content (AvgIpc) is 2.27. The Bertz CT molecular complexity index is 384. The van der Waals surface area contributed by atoms with Gasteiger partial charge < -0.3 is 14.9 Å². The van der Waals surface area contributed by atoms with E-state index in [4.69, 9.17) is 9.84 Å². The van der Waals surface area contributed by atoms with Crippen LogP contribution in [0.4, 0.5) is 0 Å². The number of aliphatic hydroxyl groups is 1. The summed E-state index contributed by atoms with van der Waals surface area (Å²) in [5.41, 5.74) is -0.772. The third-order valence-corrected chi connectivity index (χ3v) is 2.67. The average molecular weight is 224 g/mol. The van der Waals surface area contributed by atoms with Gasteiger partial charge >= 0.3 is 5.97 Å². The molecule has 0 aliphatic carbocycles. The molecule has 0 aromatic heterocycles. The van der Waals surface area contributed by atoms with E-state index in [-0.39, 0.29) is 0 Å². The summed E-state index contributed by atoms with van der Waals surface area (Å²) in [6, 6.07) is 6.85. The highest BCUT2D eigenvalue weighted by Gasteiger charge is 2.37. The minimum Gasteiger partial charge on any atom is -0.496 e. The molecule has 0 aliphatic heterocycles. The standard InChI is InChI=1S/C12H16O4/c1-12(2,11(14)15)10(13)8-6-4-5-7-9(8)16-3/h4-7,10,13H,1-3H3,(H,14,15). The predicted molar refractivity (Wildman–Crippen MR) is 59.4 cm³/mol. The normalized spacial score (nSPS) is 13.2. The molecule has 88 valence electrons. The molecule has 1 unspecified atom stereocenters. The molecular formula is C12H16O4. The van der Waals surface area contributed by atoms with Crippen molar-refractivity contribution >= 4 is 5.97 Å². The van der Waals surface area contributed by atoms with Gasteiger partial charge in [0.15, 0.2) is 0 Å². The van der Waals surface area contributed by atoms with Crippen LogP contribution >= 0.6 is 0 Å². The molecule has 1 aromatic rings. The first kappa shape index (κ1) is 12.5. The molecule has 0 aliphatic rings. The van der Waals surface area contributed by atoms with Crippen molar-refractivity contribution in [3.05, 3.63) is 29.8 Å². The van der Waals surface area contributed by atoms with Gasteiger partial charge in [-0.05, 0) is 19.9 Å². The van der Waals surface area contributed by atoms with Gasteiger partial charge in [0, 0.05) is 5.56 Å². The molecular weight excluding hydrogens is 208 g/mol. The van der Waals surface area contributed by atoms with E-state index in [1.54, 1.807) is 24.3 Å². The molecule has 4 heteroatoms. The third kappa shape index (κ3) is 2.17. The molecule has 4 nitrogen and oxygen atoms in total. The van der Waals surface area contributed by atoms with Crippen LogP contribution in [0.1, 0.15) is 25.5 Å². The second kappa shape index (κ2) is 4.53. The van der Waals surface area contributed by atoms with E-state index in [0.717, 1.165) is 0 Å². The fourth-order valence-electron chi connectivity index (χ4n) is 1.40. The molecule has 2 N–H and O–H groups in total. The summed E-state index contributed by atoms with van der Waals surface area (Å²) in [4.78, 5) is 11.0. The lowest BCUT2D eigenvalue weighted by Crippen LogP contribution is -2.31. The van der Waals surface area contributed by atoms with Crippen LogP contribution in [0.2, 0.25) is 0 Å². The monoisotopic (exact) mass is 224 g/mol. The molecule has 0 radical (unpaired) electrons. The van der Waals surface area contributed by atoms with Gasteiger partial charge in [0.1, 0.15) is 5.75 Å². The lowest BCUT2D eigenvalue weighted by Gasteiger charge is -2.27. The van der Waals surface area contributed by atoms with Crippen molar-refractivity contribution in [2.45, 2.75) is 20.0 Å².